The first kappa shape index (κ1) is 28.4. The maximum absolute atomic E-state index is 13.4. The molecule has 1 unspecified atom stereocenters. The van der Waals surface area contributed by atoms with Gasteiger partial charge in [-0.3, -0.25) is 9.69 Å². The van der Waals surface area contributed by atoms with Crippen molar-refractivity contribution in [3.63, 3.8) is 0 Å². The number of amides is 1. The molecule has 198 valence electrons. The van der Waals surface area contributed by atoms with Crippen LogP contribution in [0.1, 0.15) is 76.3 Å². The second-order valence-electron chi connectivity index (χ2n) is 10.2. The van der Waals surface area contributed by atoms with Crippen LogP contribution in [0.5, 0.6) is 0 Å². The Balaban J connectivity index is 1.48. The fourth-order valence-corrected chi connectivity index (χ4v) is 5.45. The number of hydrogen-bond donors (Lipinski definition) is 1. The molecule has 0 aromatic heterocycles. The van der Waals surface area contributed by atoms with Gasteiger partial charge in [-0.25, -0.2) is 0 Å². The van der Waals surface area contributed by atoms with Gasteiger partial charge in [0.1, 0.15) is 5.54 Å². The maximum Gasteiger partial charge on any atom is 0.417 e. The lowest BCUT2D eigenvalue weighted by Gasteiger charge is -2.29. The normalized spacial score (nSPS) is 20.4. The lowest BCUT2D eigenvalue weighted by Crippen LogP contribution is -2.44. The molecule has 1 aromatic carbocycles. The first-order valence-corrected chi connectivity index (χ1v) is 13.1. The first-order valence-electron chi connectivity index (χ1n) is 12.6. The zero-order valence-electron chi connectivity index (χ0n) is 21.0. The lowest BCUT2D eigenvalue weighted by atomic mass is 10.0. The topological polar surface area (TPSA) is 70.8 Å². The zero-order chi connectivity index (χ0) is 26.5. The van der Waals surface area contributed by atoms with Crippen LogP contribution in [0.25, 0.3) is 0 Å². The number of carbonyl (C=O) groups excluding carboxylic acids is 1. The van der Waals surface area contributed by atoms with Crippen molar-refractivity contribution in [2.24, 2.45) is 0 Å². The van der Waals surface area contributed by atoms with Crippen LogP contribution in [0.2, 0.25) is 0 Å². The molecule has 2 aliphatic heterocycles. The summed E-state index contributed by atoms with van der Waals surface area (Å²) < 4.78 is 40.3. The molecule has 1 N–H and O–H groups in total. The first-order chi connectivity index (χ1) is 17.0. The van der Waals surface area contributed by atoms with E-state index in [2.05, 4.69) is 4.90 Å². The average molecular weight is 525 g/mol. The highest BCUT2D eigenvalue weighted by Gasteiger charge is 2.49. The van der Waals surface area contributed by atoms with Gasteiger partial charge >= 0.3 is 6.18 Å². The number of nitriles is 1. The van der Waals surface area contributed by atoms with Gasteiger partial charge in [0, 0.05) is 19.6 Å². The smallest absolute Gasteiger partial charge is 0.392 e. The molecular formula is C26H35F3N4O2S. The van der Waals surface area contributed by atoms with E-state index in [4.69, 9.17) is 17.5 Å². The molecule has 6 nitrogen and oxygen atoms in total. The van der Waals surface area contributed by atoms with Gasteiger partial charge in [0.05, 0.1) is 29.0 Å². The number of β-amino-alcohol motifs (C(OH)–C–C–N with tert-alkyl or cyclic N) is 1. The van der Waals surface area contributed by atoms with E-state index in [0.29, 0.717) is 6.54 Å². The summed E-state index contributed by atoms with van der Waals surface area (Å²) in [5.41, 5.74) is -2.51. The molecule has 0 bridgehead atoms. The number of rotatable bonds is 11. The van der Waals surface area contributed by atoms with Crippen LogP contribution in [-0.4, -0.2) is 63.7 Å². The van der Waals surface area contributed by atoms with Gasteiger partial charge in [0.2, 0.25) is 0 Å². The molecule has 2 saturated heterocycles. The van der Waals surface area contributed by atoms with Crippen molar-refractivity contribution in [1.29, 1.82) is 5.26 Å². The minimum Gasteiger partial charge on any atom is -0.392 e. The fraction of sp³-hybridized carbons (Fsp3) is 0.654. The number of anilines is 1. The Kier molecular flexibility index (Phi) is 9.36. The summed E-state index contributed by atoms with van der Waals surface area (Å²) in [4.78, 5) is 18.4. The van der Waals surface area contributed by atoms with Crippen molar-refractivity contribution in [2.45, 2.75) is 83.0 Å². The van der Waals surface area contributed by atoms with Crippen molar-refractivity contribution >= 4 is 28.9 Å². The van der Waals surface area contributed by atoms with Crippen LogP contribution in [-0.2, 0) is 11.0 Å². The summed E-state index contributed by atoms with van der Waals surface area (Å²) in [7, 11) is 0. The van der Waals surface area contributed by atoms with Gasteiger partial charge in [0.25, 0.3) is 5.91 Å². The van der Waals surface area contributed by atoms with Gasteiger partial charge in [-0.15, -0.1) is 0 Å². The number of nitrogens with zero attached hydrogens (tertiary/aromatic N) is 4. The third-order valence-corrected chi connectivity index (χ3v) is 7.52. The Morgan fingerprint density at radius 1 is 1.11 bits per heavy atom. The van der Waals surface area contributed by atoms with Crippen LogP contribution < -0.4 is 4.90 Å². The largest absolute Gasteiger partial charge is 0.417 e. The van der Waals surface area contributed by atoms with Crippen molar-refractivity contribution in [3.8, 4) is 6.07 Å². The summed E-state index contributed by atoms with van der Waals surface area (Å²) in [5.74, 6) is -0.379. The van der Waals surface area contributed by atoms with E-state index in [1.54, 1.807) is 24.8 Å². The summed E-state index contributed by atoms with van der Waals surface area (Å²) in [6.07, 6.45) is 3.50. The number of aliphatic hydroxyl groups is 1. The molecule has 0 aliphatic carbocycles. The van der Waals surface area contributed by atoms with Crippen molar-refractivity contribution in [2.75, 3.05) is 31.1 Å². The van der Waals surface area contributed by atoms with E-state index < -0.39 is 22.8 Å². The van der Waals surface area contributed by atoms with E-state index in [1.807, 2.05) is 0 Å². The number of carbonyl (C=O) groups is 1. The zero-order valence-corrected chi connectivity index (χ0v) is 21.8. The fourth-order valence-electron chi connectivity index (χ4n) is 4.95. The number of likely N-dealkylation sites (tertiary alicyclic amines) is 1. The highest BCUT2D eigenvalue weighted by Crippen LogP contribution is 2.38. The predicted octanol–water partition coefficient (Wildman–Crippen LogP) is 5.09. The standard InChI is InChI=1S/C26H35F3N4O2S/c1-25(2)23(35)33(20-11-10-19(17-30)22(16-20)26(27,28)29)24(36)32(25)14-9-7-5-3-4-6-8-13-31-15-12-21(34)18-31/h10-11,16,21,34H,3-9,12-15,18H2,1-2H3. The number of alkyl halides is 3. The van der Waals surface area contributed by atoms with Crippen LogP contribution in [0.15, 0.2) is 18.2 Å². The molecule has 2 fully saturated rings. The highest BCUT2D eigenvalue weighted by molar-refractivity contribution is 7.80. The molecule has 0 spiro atoms. The quantitative estimate of drug-likeness (QED) is 0.321. The number of halogens is 3. The SMILES string of the molecule is CC1(C)C(=O)N(c2ccc(C#N)c(C(F)(F)F)c2)C(=S)N1CCCCCCCCCN1CCC(O)C1. The monoisotopic (exact) mass is 524 g/mol. The highest BCUT2D eigenvalue weighted by atomic mass is 32.1. The number of unbranched alkanes of at least 4 members (excludes halogenated alkanes) is 6. The van der Waals surface area contributed by atoms with Crippen molar-refractivity contribution in [3.05, 3.63) is 29.3 Å². The third-order valence-electron chi connectivity index (χ3n) is 7.11. The van der Waals surface area contributed by atoms with Gasteiger partial charge in [-0.1, -0.05) is 32.1 Å². The minimum atomic E-state index is -4.71. The number of hydrogen-bond acceptors (Lipinski definition) is 5. The molecule has 10 heteroatoms. The van der Waals surface area contributed by atoms with Gasteiger partial charge in [0.15, 0.2) is 5.11 Å². The Morgan fingerprint density at radius 3 is 2.28 bits per heavy atom. The van der Waals surface area contributed by atoms with Crippen LogP contribution in [0, 0.1) is 11.3 Å². The number of thiocarbonyl (C=S) groups is 1. The predicted molar refractivity (Wildman–Crippen MR) is 136 cm³/mol. The molecular weight excluding hydrogens is 489 g/mol. The van der Waals surface area contributed by atoms with Crippen molar-refractivity contribution in [1.82, 2.24) is 9.80 Å². The minimum absolute atomic E-state index is 0.0235. The molecule has 2 aliphatic rings. The molecule has 36 heavy (non-hydrogen) atoms. The number of aliphatic hydroxyl groups excluding tert-OH is 1. The maximum atomic E-state index is 13.4. The van der Waals surface area contributed by atoms with Gasteiger partial charge in [-0.2, -0.15) is 18.4 Å². The van der Waals surface area contributed by atoms with Gasteiger partial charge in [-0.05, 0) is 70.1 Å². The summed E-state index contributed by atoms with van der Waals surface area (Å²) in [6.45, 7) is 6.85. The molecule has 0 radical (unpaired) electrons. The third kappa shape index (κ3) is 6.55. The van der Waals surface area contributed by atoms with E-state index in [-0.39, 0.29) is 22.8 Å². The Labute approximate surface area is 216 Å². The molecule has 1 atom stereocenters. The second kappa shape index (κ2) is 11.9. The molecule has 1 amide bonds. The Morgan fingerprint density at radius 2 is 1.72 bits per heavy atom. The van der Waals surface area contributed by atoms with Crippen LogP contribution >= 0.6 is 12.2 Å². The van der Waals surface area contributed by atoms with Crippen LogP contribution in [0.3, 0.4) is 0 Å². The second-order valence-corrected chi connectivity index (χ2v) is 10.6. The van der Waals surface area contributed by atoms with E-state index >= 15 is 0 Å². The molecule has 0 saturated carbocycles. The average Bonchev–Trinajstić information content (AvgIpc) is 3.30. The van der Waals surface area contributed by atoms with Crippen molar-refractivity contribution < 1.29 is 23.1 Å². The molecule has 3 rings (SSSR count). The summed E-state index contributed by atoms with van der Waals surface area (Å²) in [5, 5.41) is 18.8. The Bertz CT molecular complexity index is 992. The van der Waals surface area contributed by atoms with E-state index in [0.717, 1.165) is 81.6 Å². The summed E-state index contributed by atoms with van der Waals surface area (Å²) >= 11 is 5.53. The van der Waals surface area contributed by atoms with E-state index in [9.17, 15) is 23.1 Å². The molecule has 2 heterocycles. The summed E-state index contributed by atoms with van der Waals surface area (Å²) in [6, 6.07) is 4.81. The van der Waals surface area contributed by atoms with Gasteiger partial charge < -0.3 is 14.9 Å². The molecule has 1 aromatic rings. The Hall–Kier alpha value is -2.22. The lowest BCUT2D eigenvalue weighted by molar-refractivity contribution is -0.137. The van der Waals surface area contributed by atoms with Crippen LogP contribution in [0.4, 0.5) is 18.9 Å². The number of benzene rings is 1. The van der Waals surface area contributed by atoms with E-state index in [1.165, 1.54) is 12.5 Å².